The van der Waals surface area contributed by atoms with Crippen LogP contribution in [-0.2, 0) is 14.3 Å². The number of methoxy groups -OCH3 is 1. The van der Waals surface area contributed by atoms with Gasteiger partial charge in [0, 0.05) is 18.9 Å². The summed E-state index contributed by atoms with van der Waals surface area (Å²) < 4.78 is 10.0. The molecule has 2 N–H and O–H groups in total. The smallest absolute Gasteiger partial charge is 0.338 e. The zero-order valence-electron chi connectivity index (χ0n) is 13.5. The summed E-state index contributed by atoms with van der Waals surface area (Å²) in [5, 5.41) is 17.2. The number of rotatable bonds is 6. The molecular formula is C15H16ClN3O5S. The number of carbonyl (C=O) groups is 1. The Balaban J connectivity index is 2.40. The molecule has 10 heteroatoms. The van der Waals surface area contributed by atoms with Crippen molar-refractivity contribution >= 4 is 40.6 Å². The summed E-state index contributed by atoms with van der Waals surface area (Å²) in [6, 6.07) is 3.62. The molecule has 0 bridgehead atoms. The molecule has 0 unspecified atom stereocenters. The molecule has 1 atom stereocenters. The molecule has 25 heavy (non-hydrogen) atoms. The summed E-state index contributed by atoms with van der Waals surface area (Å²) in [4.78, 5) is 23.0. The van der Waals surface area contributed by atoms with Crippen LogP contribution in [0.25, 0.3) is 0 Å². The minimum atomic E-state index is -0.695. The average molecular weight is 386 g/mol. The van der Waals surface area contributed by atoms with Crippen molar-refractivity contribution in [3.05, 3.63) is 50.2 Å². The predicted molar refractivity (Wildman–Crippen MR) is 95.3 cm³/mol. The minimum absolute atomic E-state index is 0.00943. The number of carbonyl (C=O) groups excluding carboxylic acids is 1. The van der Waals surface area contributed by atoms with Gasteiger partial charge in [0.15, 0.2) is 5.11 Å². The first-order chi connectivity index (χ1) is 11.8. The quantitative estimate of drug-likeness (QED) is 0.253. The fourth-order valence-corrected chi connectivity index (χ4v) is 2.82. The molecule has 0 fully saturated rings. The summed E-state index contributed by atoms with van der Waals surface area (Å²) >= 11 is 11.0. The number of nitrogens with zero attached hydrogens (tertiary/aromatic N) is 1. The number of nitro groups is 1. The molecule has 1 aliphatic rings. The maximum absolute atomic E-state index is 12.4. The van der Waals surface area contributed by atoms with Gasteiger partial charge in [0.1, 0.15) is 11.6 Å². The van der Waals surface area contributed by atoms with E-state index in [2.05, 4.69) is 10.6 Å². The first-order valence-electron chi connectivity index (χ1n) is 7.23. The van der Waals surface area contributed by atoms with Gasteiger partial charge in [-0.2, -0.15) is 0 Å². The number of benzene rings is 1. The fourth-order valence-electron chi connectivity index (χ4n) is 2.36. The number of esters is 1. The molecule has 1 aromatic carbocycles. The van der Waals surface area contributed by atoms with Gasteiger partial charge in [-0.15, -0.1) is 0 Å². The van der Waals surface area contributed by atoms with Crippen LogP contribution in [0.1, 0.15) is 18.5 Å². The maximum atomic E-state index is 12.4. The maximum Gasteiger partial charge on any atom is 0.338 e. The van der Waals surface area contributed by atoms with Gasteiger partial charge in [0.2, 0.25) is 0 Å². The lowest BCUT2D eigenvalue weighted by Crippen LogP contribution is -2.45. The molecule has 8 nitrogen and oxygen atoms in total. The highest BCUT2D eigenvalue weighted by atomic mass is 35.5. The van der Waals surface area contributed by atoms with E-state index in [1.54, 1.807) is 13.0 Å². The molecule has 0 radical (unpaired) electrons. The van der Waals surface area contributed by atoms with Crippen LogP contribution in [0.5, 0.6) is 0 Å². The number of allylic oxidation sites excluding steroid dienone is 1. The lowest BCUT2D eigenvalue weighted by atomic mass is 9.95. The Morgan fingerprint density at radius 2 is 2.16 bits per heavy atom. The molecule has 0 saturated carbocycles. The Hall–Kier alpha value is -2.23. The van der Waals surface area contributed by atoms with Crippen molar-refractivity contribution in [2.24, 2.45) is 0 Å². The van der Waals surface area contributed by atoms with Crippen LogP contribution in [0, 0.1) is 10.1 Å². The minimum Gasteiger partial charge on any atom is -0.460 e. The molecule has 2 rings (SSSR count). The highest BCUT2D eigenvalue weighted by Crippen LogP contribution is 2.33. The number of nitro benzene ring substituents is 1. The molecule has 134 valence electrons. The molecule has 0 aliphatic carbocycles. The molecule has 1 aromatic rings. The Morgan fingerprint density at radius 1 is 1.44 bits per heavy atom. The second kappa shape index (κ2) is 8.24. The SMILES string of the molecule is COCCOC(=O)C1=C(C)NC(=S)N[C@H]1c1ccc(Cl)c([N+](=O)[O-])c1. The number of hydrogen-bond donors (Lipinski definition) is 2. The van der Waals surface area contributed by atoms with Crippen LogP contribution in [0.15, 0.2) is 29.5 Å². The second-order valence-corrected chi connectivity index (χ2v) is 5.98. The fraction of sp³-hybridized carbons (Fsp3) is 0.333. The number of nitrogens with one attached hydrogen (secondary N) is 2. The van der Waals surface area contributed by atoms with E-state index in [-0.39, 0.29) is 29.5 Å². The third-order valence-electron chi connectivity index (χ3n) is 3.51. The molecule has 1 heterocycles. The largest absolute Gasteiger partial charge is 0.460 e. The van der Waals surface area contributed by atoms with Gasteiger partial charge in [-0.25, -0.2) is 4.79 Å². The van der Waals surface area contributed by atoms with E-state index < -0.39 is 16.9 Å². The topological polar surface area (TPSA) is 103 Å². The summed E-state index contributed by atoms with van der Waals surface area (Å²) in [6.45, 7) is 2.02. The monoisotopic (exact) mass is 385 g/mol. The first-order valence-corrected chi connectivity index (χ1v) is 8.02. The van der Waals surface area contributed by atoms with Gasteiger partial charge < -0.3 is 20.1 Å². The van der Waals surface area contributed by atoms with Crippen LogP contribution in [0.2, 0.25) is 5.02 Å². The Labute approximate surface area is 154 Å². The second-order valence-electron chi connectivity index (χ2n) is 5.17. The van der Waals surface area contributed by atoms with E-state index in [0.29, 0.717) is 16.4 Å². The van der Waals surface area contributed by atoms with E-state index in [0.717, 1.165) is 0 Å². The molecular weight excluding hydrogens is 370 g/mol. The first kappa shape index (κ1) is 19.1. The summed E-state index contributed by atoms with van der Waals surface area (Å²) in [5.41, 5.74) is 1.00. The van der Waals surface area contributed by atoms with Crippen LogP contribution in [0.3, 0.4) is 0 Å². The van der Waals surface area contributed by atoms with Crippen molar-refractivity contribution in [2.45, 2.75) is 13.0 Å². The predicted octanol–water partition coefficient (Wildman–Crippen LogP) is 2.23. The molecule has 1 aliphatic heterocycles. The van der Waals surface area contributed by atoms with Gasteiger partial charge in [0.25, 0.3) is 5.69 Å². The van der Waals surface area contributed by atoms with Crippen LogP contribution < -0.4 is 10.6 Å². The van der Waals surface area contributed by atoms with Gasteiger partial charge in [0.05, 0.1) is 23.1 Å². The van der Waals surface area contributed by atoms with Gasteiger partial charge in [-0.1, -0.05) is 17.7 Å². The van der Waals surface area contributed by atoms with Crippen LogP contribution in [0.4, 0.5) is 5.69 Å². The van der Waals surface area contributed by atoms with E-state index in [9.17, 15) is 14.9 Å². The van der Waals surface area contributed by atoms with Crippen molar-refractivity contribution in [1.82, 2.24) is 10.6 Å². The number of ether oxygens (including phenoxy) is 2. The average Bonchev–Trinajstić information content (AvgIpc) is 2.54. The van der Waals surface area contributed by atoms with Crippen molar-refractivity contribution in [3.8, 4) is 0 Å². The van der Waals surface area contributed by atoms with Crippen molar-refractivity contribution in [1.29, 1.82) is 0 Å². The summed E-state index contributed by atoms with van der Waals surface area (Å²) in [6.07, 6.45) is 0. The van der Waals surface area contributed by atoms with Crippen molar-refractivity contribution < 1.29 is 19.2 Å². The Bertz CT molecular complexity index is 753. The highest BCUT2D eigenvalue weighted by Gasteiger charge is 2.32. The normalized spacial score (nSPS) is 16.9. The number of halogens is 1. The van der Waals surface area contributed by atoms with E-state index in [1.165, 1.54) is 19.2 Å². The lowest BCUT2D eigenvalue weighted by molar-refractivity contribution is -0.384. The number of hydrogen-bond acceptors (Lipinski definition) is 6. The van der Waals surface area contributed by atoms with Crippen molar-refractivity contribution in [3.63, 3.8) is 0 Å². The zero-order chi connectivity index (χ0) is 18.6. The number of thiocarbonyl (C=S) groups is 1. The van der Waals surface area contributed by atoms with Crippen LogP contribution >= 0.6 is 23.8 Å². The summed E-state index contributed by atoms with van der Waals surface area (Å²) in [7, 11) is 1.50. The van der Waals surface area contributed by atoms with Crippen molar-refractivity contribution in [2.75, 3.05) is 20.3 Å². The highest BCUT2D eigenvalue weighted by molar-refractivity contribution is 7.80. The molecule has 0 aromatic heterocycles. The standard InChI is InChI=1S/C15H16ClN3O5S/c1-8-12(14(20)24-6-5-23-2)13(18-15(25)17-8)9-3-4-10(16)11(7-9)19(21)22/h3-4,7,13H,5-6H2,1-2H3,(H2,17,18,25)/t13-/m0/s1. The molecule has 0 amide bonds. The van der Waals surface area contributed by atoms with E-state index in [4.69, 9.17) is 33.3 Å². The van der Waals surface area contributed by atoms with Gasteiger partial charge in [-0.3, -0.25) is 10.1 Å². The third-order valence-corrected chi connectivity index (χ3v) is 4.05. The summed E-state index contributed by atoms with van der Waals surface area (Å²) in [5.74, 6) is -0.570. The van der Waals surface area contributed by atoms with Crippen LogP contribution in [-0.4, -0.2) is 36.3 Å². The Kier molecular flexibility index (Phi) is 6.29. The zero-order valence-corrected chi connectivity index (χ0v) is 15.1. The van der Waals surface area contributed by atoms with Gasteiger partial charge >= 0.3 is 5.97 Å². The lowest BCUT2D eigenvalue weighted by Gasteiger charge is -2.29. The third kappa shape index (κ3) is 4.44. The molecule has 0 spiro atoms. The van der Waals surface area contributed by atoms with Gasteiger partial charge in [-0.05, 0) is 30.8 Å². The van der Waals surface area contributed by atoms with E-state index in [1.807, 2.05) is 0 Å². The Morgan fingerprint density at radius 3 is 2.80 bits per heavy atom. The molecule has 0 saturated heterocycles. The van der Waals surface area contributed by atoms with E-state index >= 15 is 0 Å².